The zero-order valence-electron chi connectivity index (χ0n) is 11.7. The number of aromatic nitrogens is 2. The Balaban J connectivity index is 2.14. The molecule has 0 aliphatic rings. The van der Waals surface area contributed by atoms with Gasteiger partial charge in [-0.15, -0.1) is 11.8 Å². The van der Waals surface area contributed by atoms with E-state index in [1.54, 1.807) is 23.9 Å². The van der Waals surface area contributed by atoms with Crippen molar-refractivity contribution in [2.75, 3.05) is 7.11 Å². The molecule has 0 saturated carbocycles. The minimum absolute atomic E-state index is 0.381. The summed E-state index contributed by atoms with van der Waals surface area (Å²) in [5.41, 5.74) is 2.36. The van der Waals surface area contributed by atoms with E-state index in [-0.39, 0.29) is 0 Å². The lowest BCUT2D eigenvalue weighted by Crippen LogP contribution is -2.31. The lowest BCUT2D eigenvalue weighted by Gasteiger charge is -2.10. The lowest BCUT2D eigenvalue weighted by molar-refractivity contribution is 0.403. The summed E-state index contributed by atoms with van der Waals surface area (Å²) in [5, 5.41) is 24.1. The topological polar surface area (TPSA) is 67.5 Å². The van der Waals surface area contributed by atoms with E-state index in [1.807, 2.05) is 30.8 Å². The second-order valence-corrected chi connectivity index (χ2v) is 5.48. The highest BCUT2D eigenvalue weighted by Gasteiger charge is 2.17. The van der Waals surface area contributed by atoms with Crippen LogP contribution in [-0.4, -0.2) is 34.1 Å². The number of rotatable bonds is 5. The van der Waals surface area contributed by atoms with Crippen LogP contribution in [0.25, 0.3) is 0 Å². The Morgan fingerprint density at radius 3 is 2.65 bits per heavy atom. The molecule has 0 spiro atoms. The molecule has 2 aromatic rings. The second-order valence-electron chi connectivity index (χ2n) is 4.49. The van der Waals surface area contributed by atoms with Crippen molar-refractivity contribution in [3.8, 4) is 5.75 Å². The van der Waals surface area contributed by atoms with Gasteiger partial charge in [-0.2, -0.15) is 5.10 Å². The molecule has 7 heteroatoms. The predicted molar refractivity (Wildman–Crippen MR) is 80.3 cm³/mol. The summed E-state index contributed by atoms with van der Waals surface area (Å²) in [7, 11) is 1.88. The van der Waals surface area contributed by atoms with Crippen LogP contribution in [-0.2, 0) is 12.8 Å². The van der Waals surface area contributed by atoms with Gasteiger partial charge in [0.25, 0.3) is 0 Å². The zero-order valence-corrected chi connectivity index (χ0v) is 12.5. The average molecular weight is 292 g/mol. The Bertz CT molecular complexity index is 601. The van der Waals surface area contributed by atoms with Crippen LogP contribution >= 0.6 is 11.8 Å². The zero-order chi connectivity index (χ0) is 14.7. The maximum Gasteiger partial charge on any atom is 0.492 e. The van der Waals surface area contributed by atoms with Crippen molar-refractivity contribution in [2.45, 2.75) is 17.7 Å². The van der Waals surface area contributed by atoms with Gasteiger partial charge in [0.2, 0.25) is 0 Å². The molecule has 1 aromatic carbocycles. The van der Waals surface area contributed by atoms with Crippen molar-refractivity contribution in [1.29, 1.82) is 0 Å². The molecule has 2 N–H and O–H groups in total. The number of methoxy groups -OCH3 is 1. The van der Waals surface area contributed by atoms with Crippen molar-refractivity contribution >= 4 is 24.3 Å². The van der Waals surface area contributed by atoms with Gasteiger partial charge in [0.1, 0.15) is 5.75 Å². The molecule has 1 aromatic heterocycles. The molecule has 0 fully saturated rings. The second kappa shape index (κ2) is 6.34. The molecule has 0 aliphatic carbocycles. The molecule has 0 atom stereocenters. The van der Waals surface area contributed by atoms with E-state index >= 15 is 0 Å². The van der Waals surface area contributed by atoms with Gasteiger partial charge in [-0.05, 0) is 24.6 Å². The first-order valence-electron chi connectivity index (χ1n) is 6.17. The van der Waals surface area contributed by atoms with E-state index in [4.69, 9.17) is 4.74 Å². The first-order valence-corrected chi connectivity index (χ1v) is 7.16. The number of thioether (sulfide) groups is 1. The van der Waals surface area contributed by atoms with Crippen LogP contribution in [0.4, 0.5) is 0 Å². The number of ether oxygens (including phenoxy) is 1. The third-order valence-corrected chi connectivity index (χ3v) is 4.07. The molecule has 0 radical (unpaired) electrons. The van der Waals surface area contributed by atoms with Crippen molar-refractivity contribution in [3.63, 3.8) is 0 Å². The molecule has 0 saturated heterocycles. The van der Waals surface area contributed by atoms with Gasteiger partial charge in [-0.3, -0.25) is 4.68 Å². The molecule has 0 amide bonds. The smallest absolute Gasteiger partial charge is 0.492 e. The Morgan fingerprint density at radius 2 is 2.10 bits per heavy atom. The quantitative estimate of drug-likeness (QED) is 0.627. The molecule has 20 heavy (non-hydrogen) atoms. The monoisotopic (exact) mass is 292 g/mol. The molecule has 0 bridgehead atoms. The van der Waals surface area contributed by atoms with Crippen LogP contribution in [0, 0.1) is 6.92 Å². The highest BCUT2D eigenvalue weighted by Crippen LogP contribution is 2.23. The number of aryl methyl sites for hydroxylation is 2. The number of hydrogen-bond acceptors (Lipinski definition) is 5. The average Bonchev–Trinajstić information content (AvgIpc) is 2.74. The van der Waals surface area contributed by atoms with E-state index in [0.717, 1.165) is 22.0 Å². The molecular formula is C13H17BN2O3S. The fourth-order valence-corrected chi connectivity index (χ4v) is 2.93. The van der Waals surface area contributed by atoms with Crippen LogP contribution in [0.1, 0.15) is 11.3 Å². The van der Waals surface area contributed by atoms with E-state index in [9.17, 15) is 10.0 Å². The largest absolute Gasteiger partial charge is 0.497 e. The van der Waals surface area contributed by atoms with Crippen molar-refractivity contribution in [3.05, 3.63) is 35.5 Å². The van der Waals surface area contributed by atoms with E-state index in [0.29, 0.717) is 11.2 Å². The Morgan fingerprint density at radius 1 is 1.35 bits per heavy atom. The lowest BCUT2D eigenvalue weighted by atomic mass is 9.79. The van der Waals surface area contributed by atoms with E-state index in [1.165, 1.54) is 7.11 Å². The fraction of sp³-hybridized carbons (Fsp3) is 0.308. The van der Waals surface area contributed by atoms with Crippen LogP contribution in [0.5, 0.6) is 5.75 Å². The summed E-state index contributed by atoms with van der Waals surface area (Å²) in [6, 6.07) is 7.44. The van der Waals surface area contributed by atoms with Gasteiger partial charge in [0, 0.05) is 18.3 Å². The van der Waals surface area contributed by atoms with Gasteiger partial charge >= 0.3 is 7.12 Å². The van der Waals surface area contributed by atoms with Crippen LogP contribution in [0.3, 0.4) is 0 Å². The van der Waals surface area contributed by atoms with E-state index < -0.39 is 7.12 Å². The Labute approximate surface area is 122 Å². The predicted octanol–water partition coefficient (Wildman–Crippen LogP) is 0.709. The summed E-state index contributed by atoms with van der Waals surface area (Å²) in [6.07, 6.45) is 0. The third kappa shape index (κ3) is 3.36. The number of hydrogen-bond donors (Lipinski definition) is 2. The van der Waals surface area contributed by atoms with Crippen molar-refractivity contribution in [2.24, 2.45) is 7.05 Å². The van der Waals surface area contributed by atoms with Gasteiger partial charge in [-0.1, -0.05) is 12.1 Å². The molecule has 106 valence electrons. The maximum absolute atomic E-state index is 9.35. The fourth-order valence-electron chi connectivity index (χ4n) is 1.95. The van der Waals surface area contributed by atoms with E-state index in [2.05, 4.69) is 5.10 Å². The first-order chi connectivity index (χ1) is 9.51. The van der Waals surface area contributed by atoms with Crippen molar-refractivity contribution in [1.82, 2.24) is 9.78 Å². The summed E-state index contributed by atoms with van der Waals surface area (Å²) >= 11 is 1.65. The molecule has 0 aliphatic heterocycles. The van der Waals surface area contributed by atoms with Gasteiger partial charge in [0.05, 0.1) is 17.8 Å². The molecule has 5 nitrogen and oxygen atoms in total. The summed E-state index contributed by atoms with van der Waals surface area (Å²) in [4.78, 5) is 0. The first kappa shape index (κ1) is 15.0. The van der Waals surface area contributed by atoms with Gasteiger partial charge in [-0.25, -0.2) is 0 Å². The summed E-state index contributed by atoms with van der Waals surface area (Å²) in [5.74, 6) is 1.20. The van der Waals surface area contributed by atoms with Crippen LogP contribution < -0.4 is 10.2 Å². The van der Waals surface area contributed by atoms with Gasteiger partial charge in [0.15, 0.2) is 0 Å². The summed E-state index contributed by atoms with van der Waals surface area (Å²) < 4.78 is 6.94. The van der Waals surface area contributed by atoms with Crippen LogP contribution in [0.15, 0.2) is 29.3 Å². The number of benzene rings is 1. The third-order valence-electron chi connectivity index (χ3n) is 2.92. The molecule has 2 rings (SSSR count). The Kier molecular flexibility index (Phi) is 4.75. The maximum atomic E-state index is 9.35. The highest BCUT2D eigenvalue weighted by molar-refractivity contribution is 7.98. The number of nitrogens with zero attached hydrogens (tertiary/aromatic N) is 2. The van der Waals surface area contributed by atoms with Crippen molar-refractivity contribution < 1.29 is 14.8 Å². The molecule has 0 unspecified atom stereocenters. The van der Waals surface area contributed by atoms with Gasteiger partial charge < -0.3 is 14.8 Å². The molecular weight excluding hydrogens is 275 g/mol. The highest BCUT2D eigenvalue weighted by atomic mass is 32.2. The normalized spacial score (nSPS) is 10.7. The molecule has 1 heterocycles. The van der Waals surface area contributed by atoms with Crippen LogP contribution in [0.2, 0.25) is 0 Å². The summed E-state index contributed by atoms with van der Waals surface area (Å²) in [6.45, 7) is 1.96. The SMILES string of the molecule is COc1ccc(CSc2cc(C)nn2C)cc1B(O)O. The standard InChI is InChI=1S/C13H17BN2O3S/c1-9-6-13(16(2)15-9)20-8-10-4-5-12(19-3)11(7-10)14(17)18/h4-7,17-18H,8H2,1-3H3. The minimum atomic E-state index is -1.53. The minimum Gasteiger partial charge on any atom is -0.497 e. The Hall–Kier alpha value is -1.44.